The number of carbonyl (C=O) groups is 1. The number of hydrogen-bond acceptors (Lipinski definition) is 3. The number of benzene rings is 1. The Kier molecular flexibility index (Phi) is 6.11. The van der Waals surface area contributed by atoms with E-state index in [1.807, 2.05) is 12.1 Å². The van der Waals surface area contributed by atoms with E-state index in [4.69, 9.17) is 27.2 Å². The average Bonchev–Trinajstić information content (AvgIpc) is 2.72. The van der Waals surface area contributed by atoms with Crippen molar-refractivity contribution in [1.82, 2.24) is 4.90 Å². The molecular formula is C16H20ClF3N2O2. The minimum absolute atomic E-state index is 0.425. The molecule has 3 rings (SSSR count). The van der Waals surface area contributed by atoms with Crippen molar-refractivity contribution in [3.63, 3.8) is 0 Å². The lowest BCUT2D eigenvalue weighted by Gasteiger charge is -2.37. The zero-order chi connectivity index (χ0) is 17.9. The first-order valence-electron chi connectivity index (χ1n) is 7.72. The Labute approximate surface area is 143 Å². The largest absolute Gasteiger partial charge is 0.490 e. The summed E-state index contributed by atoms with van der Waals surface area (Å²) in [6.07, 6.45) is -0.0912. The zero-order valence-electron chi connectivity index (χ0n) is 13.0. The molecule has 2 fully saturated rings. The van der Waals surface area contributed by atoms with Gasteiger partial charge in [-0.05, 0) is 43.4 Å². The first-order valence-corrected chi connectivity index (χ1v) is 8.10. The number of hydrogen-bond donors (Lipinski definition) is 2. The van der Waals surface area contributed by atoms with Gasteiger partial charge in [-0.2, -0.15) is 13.2 Å². The Hall–Kier alpha value is -1.31. The third-order valence-electron chi connectivity index (χ3n) is 4.44. The second kappa shape index (κ2) is 7.72. The topological polar surface area (TPSA) is 66.6 Å². The predicted molar refractivity (Wildman–Crippen MR) is 84.7 cm³/mol. The van der Waals surface area contributed by atoms with Crippen molar-refractivity contribution in [2.75, 3.05) is 0 Å². The number of carboxylic acid groups (broad SMARTS) is 1. The molecule has 1 aromatic rings. The Morgan fingerprint density at radius 3 is 2.08 bits per heavy atom. The summed E-state index contributed by atoms with van der Waals surface area (Å²) in [4.78, 5) is 11.5. The van der Waals surface area contributed by atoms with Gasteiger partial charge in [-0.1, -0.05) is 23.7 Å². The van der Waals surface area contributed by atoms with Crippen LogP contribution in [0, 0.1) is 0 Å². The fraction of sp³-hybridized carbons (Fsp3) is 0.562. The summed E-state index contributed by atoms with van der Waals surface area (Å²) >= 11 is 5.91. The molecule has 2 bridgehead atoms. The first kappa shape index (κ1) is 19.0. The van der Waals surface area contributed by atoms with Crippen molar-refractivity contribution in [3.05, 3.63) is 34.9 Å². The van der Waals surface area contributed by atoms with Gasteiger partial charge in [0.1, 0.15) is 0 Å². The maximum absolute atomic E-state index is 10.6. The number of piperidine rings is 1. The van der Waals surface area contributed by atoms with Gasteiger partial charge in [0.05, 0.1) is 0 Å². The van der Waals surface area contributed by atoms with Crippen molar-refractivity contribution in [3.8, 4) is 0 Å². The number of nitrogens with zero attached hydrogens (tertiary/aromatic N) is 1. The van der Waals surface area contributed by atoms with Gasteiger partial charge >= 0.3 is 12.1 Å². The van der Waals surface area contributed by atoms with Crippen LogP contribution in [0.1, 0.15) is 31.2 Å². The summed E-state index contributed by atoms with van der Waals surface area (Å²) in [6.45, 7) is 1.05. The number of carboxylic acids is 1. The second-order valence-electron chi connectivity index (χ2n) is 6.22. The van der Waals surface area contributed by atoms with Crippen molar-refractivity contribution in [2.45, 2.75) is 56.5 Å². The van der Waals surface area contributed by atoms with Crippen LogP contribution in [0.2, 0.25) is 5.02 Å². The van der Waals surface area contributed by atoms with E-state index in [9.17, 15) is 13.2 Å². The highest BCUT2D eigenvalue weighted by Gasteiger charge is 2.39. The lowest BCUT2D eigenvalue weighted by atomic mass is 9.97. The summed E-state index contributed by atoms with van der Waals surface area (Å²) in [7, 11) is 0. The third-order valence-corrected chi connectivity index (χ3v) is 4.69. The fourth-order valence-corrected chi connectivity index (χ4v) is 3.50. The quantitative estimate of drug-likeness (QED) is 0.843. The highest BCUT2D eigenvalue weighted by atomic mass is 35.5. The van der Waals surface area contributed by atoms with Crippen LogP contribution in [0.5, 0.6) is 0 Å². The SMILES string of the molecule is NC1CC2CCC(C1)N2Cc1ccc(Cl)cc1.O=C(O)C(F)(F)F. The average molecular weight is 365 g/mol. The van der Waals surface area contributed by atoms with Gasteiger partial charge in [0.25, 0.3) is 0 Å². The lowest BCUT2D eigenvalue weighted by Crippen LogP contribution is -2.46. The Bertz CT molecular complexity index is 551. The molecule has 0 radical (unpaired) electrons. The number of nitrogens with two attached hydrogens (primary N) is 1. The lowest BCUT2D eigenvalue weighted by molar-refractivity contribution is -0.192. The van der Waals surface area contributed by atoms with Crippen LogP contribution < -0.4 is 5.73 Å². The van der Waals surface area contributed by atoms with Crippen molar-refractivity contribution in [2.24, 2.45) is 5.73 Å². The van der Waals surface area contributed by atoms with Crippen LogP contribution in [0.25, 0.3) is 0 Å². The van der Waals surface area contributed by atoms with E-state index in [1.54, 1.807) is 0 Å². The molecule has 2 heterocycles. The van der Waals surface area contributed by atoms with Crippen LogP contribution in [-0.4, -0.2) is 40.3 Å². The van der Waals surface area contributed by atoms with Gasteiger partial charge in [-0.15, -0.1) is 0 Å². The monoisotopic (exact) mass is 364 g/mol. The van der Waals surface area contributed by atoms with Gasteiger partial charge in [-0.25, -0.2) is 4.79 Å². The molecule has 24 heavy (non-hydrogen) atoms. The molecular weight excluding hydrogens is 345 g/mol. The molecule has 4 nitrogen and oxygen atoms in total. The van der Waals surface area contributed by atoms with Gasteiger partial charge in [-0.3, -0.25) is 4.90 Å². The number of aliphatic carboxylic acids is 1. The van der Waals surface area contributed by atoms with Gasteiger partial charge in [0.2, 0.25) is 0 Å². The Morgan fingerprint density at radius 2 is 1.67 bits per heavy atom. The molecule has 0 aromatic heterocycles. The molecule has 2 unspecified atom stereocenters. The molecule has 0 saturated carbocycles. The zero-order valence-corrected chi connectivity index (χ0v) is 13.7. The number of rotatable bonds is 2. The highest BCUT2D eigenvalue weighted by molar-refractivity contribution is 6.30. The fourth-order valence-electron chi connectivity index (χ4n) is 3.38. The van der Waals surface area contributed by atoms with E-state index in [0.29, 0.717) is 18.1 Å². The van der Waals surface area contributed by atoms with Crippen molar-refractivity contribution < 1.29 is 23.1 Å². The first-order chi connectivity index (χ1) is 11.2. The van der Waals surface area contributed by atoms with Crippen molar-refractivity contribution >= 4 is 17.6 Å². The predicted octanol–water partition coefficient (Wildman–Crippen LogP) is 3.43. The van der Waals surface area contributed by atoms with Crippen LogP contribution in [0.3, 0.4) is 0 Å². The summed E-state index contributed by atoms with van der Waals surface area (Å²) in [6, 6.07) is 10.1. The molecule has 3 N–H and O–H groups in total. The summed E-state index contributed by atoms with van der Waals surface area (Å²) in [5.74, 6) is -2.76. The number of halogens is 4. The standard InChI is InChI=1S/C14H19ClN2.C2HF3O2/c15-11-3-1-10(2-4-11)9-17-13-5-6-14(17)8-12(16)7-13;3-2(4,5)1(6)7/h1-4,12-14H,5-9,16H2;(H,6,7). The van der Waals surface area contributed by atoms with Crippen LogP contribution in [0.15, 0.2) is 24.3 Å². The van der Waals surface area contributed by atoms with E-state index >= 15 is 0 Å². The molecule has 0 amide bonds. The van der Waals surface area contributed by atoms with E-state index < -0.39 is 12.1 Å². The molecule has 2 atom stereocenters. The van der Waals surface area contributed by atoms with E-state index in [0.717, 1.165) is 11.6 Å². The molecule has 2 aliphatic rings. The summed E-state index contributed by atoms with van der Waals surface area (Å²) in [5, 5.41) is 7.94. The molecule has 134 valence electrons. The van der Waals surface area contributed by atoms with E-state index in [-0.39, 0.29) is 0 Å². The maximum atomic E-state index is 10.6. The van der Waals surface area contributed by atoms with Gasteiger partial charge in [0.15, 0.2) is 0 Å². The summed E-state index contributed by atoms with van der Waals surface area (Å²) < 4.78 is 31.7. The molecule has 2 saturated heterocycles. The molecule has 0 aliphatic carbocycles. The van der Waals surface area contributed by atoms with E-state index in [1.165, 1.54) is 31.2 Å². The second-order valence-corrected chi connectivity index (χ2v) is 6.65. The van der Waals surface area contributed by atoms with Crippen LogP contribution in [0.4, 0.5) is 13.2 Å². The highest BCUT2D eigenvalue weighted by Crippen LogP contribution is 2.36. The molecule has 2 aliphatic heterocycles. The van der Waals surface area contributed by atoms with Gasteiger partial charge < -0.3 is 10.8 Å². The third kappa shape index (κ3) is 5.09. The molecule has 0 spiro atoms. The van der Waals surface area contributed by atoms with Crippen molar-refractivity contribution in [1.29, 1.82) is 0 Å². The van der Waals surface area contributed by atoms with Crippen LogP contribution in [-0.2, 0) is 11.3 Å². The molecule has 8 heteroatoms. The minimum atomic E-state index is -5.08. The van der Waals surface area contributed by atoms with E-state index in [2.05, 4.69) is 17.0 Å². The number of alkyl halides is 3. The maximum Gasteiger partial charge on any atom is 0.490 e. The summed E-state index contributed by atoms with van der Waals surface area (Å²) in [5.41, 5.74) is 7.45. The Balaban J connectivity index is 0.000000256. The number of fused-ring (bicyclic) bond motifs is 2. The van der Waals surface area contributed by atoms with Crippen LogP contribution >= 0.6 is 11.6 Å². The normalized spacial score (nSPS) is 26.6. The van der Waals surface area contributed by atoms with Gasteiger partial charge in [0, 0.05) is 29.7 Å². The smallest absolute Gasteiger partial charge is 0.475 e. The Morgan fingerprint density at radius 1 is 1.21 bits per heavy atom. The minimum Gasteiger partial charge on any atom is -0.475 e. The molecule has 1 aromatic carbocycles.